The van der Waals surface area contributed by atoms with E-state index in [-0.39, 0.29) is 23.9 Å². The van der Waals surface area contributed by atoms with Gasteiger partial charge >= 0.3 is 0 Å². The fraction of sp³-hybridized carbons (Fsp3) is 0.360. The Balaban J connectivity index is 1.46. The molecule has 1 saturated carbocycles. The van der Waals surface area contributed by atoms with Crippen molar-refractivity contribution in [2.24, 2.45) is 0 Å². The first-order valence-corrected chi connectivity index (χ1v) is 10.9. The van der Waals surface area contributed by atoms with Gasteiger partial charge in [-0.3, -0.25) is 9.59 Å². The quantitative estimate of drug-likeness (QED) is 0.624. The van der Waals surface area contributed by atoms with E-state index >= 15 is 0 Å². The third-order valence-electron chi connectivity index (χ3n) is 6.15. The van der Waals surface area contributed by atoms with E-state index in [1.54, 1.807) is 0 Å². The van der Waals surface area contributed by atoms with Gasteiger partial charge < -0.3 is 15.2 Å². The number of carbonyl (C=O) groups is 2. The molecule has 156 valence electrons. The Morgan fingerprint density at radius 3 is 2.53 bits per heavy atom. The molecule has 4 rings (SSSR count). The van der Waals surface area contributed by atoms with Crippen LogP contribution < -0.4 is 5.32 Å². The van der Waals surface area contributed by atoms with Crippen LogP contribution in [0, 0.1) is 0 Å². The van der Waals surface area contributed by atoms with Crippen molar-refractivity contribution < 1.29 is 9.59 Å². The van der Waals surface area contributed by atoms with Gasteiger partial charge in [-0.15, -0.1) is 0 Å². The Bertz CT molecular complexity index is 1040. The molecule has 0 spiro atoms. The van der Waals surface area contributed by atoms with Gasteiger partial charge in [0.05, 0.1) is 0 Å². The number of amides is 2. The van der Waals surface area contributed by atoms with Crippen molar-refractivity contribution in [3.05, 3.63) is 60.3 Å². The van der Waals surface area contributed by atoms with E-state index in [1.807, 2.05) is 49.2 Å². The summed E-state index contributed by atoms with van der Waals surface area (Å²) in [6.07, 6.45) is 5.14. The molecule has 5 heteroatoms. The number of H-pyrrole nitrogens is 1. The summed E-state index contributed by atoms with van der Waals surface area (Å²) in [5, 5.41) is 4.25. The maximum atomic E-state index is 13.2. The first-order valence-electron chi connectivity index (χ1n) is 10.9. The average molecular weight is 404 g/mol. The number of hydrogen-bond donors (Lipinski definition) is 2. The van der Waals surface area contributed by atoms with Gasteiger partial charge in [-0.2, -0.15) is 0 Å². The second-order valence-corrected chi connectivity index (χ2v) is 8.03. The highest BCUT2D eigenvalue weighted by atomic mass is 16.2. The predicted octanol–water partition coefficient (Wildman–Crippen LogP) is 4.74. The Labute approximate surface area is 177 Å². The molecule has 2 atom stereocenters. The topological polar surface area (TPSA) is 65.2 Å². The minimum absolute atomic E-state index is 0.0672. The number of nitrogens with one attached hydrogen (secondary N) is 2. The van der Waals surface area contributed by atoms with Crippen LogP contribution >= 0.6 is 0 Å². The summed E-state index contributed by atoms with van der Waals surface area (Å²) >= 11 is 0. The number of carbonyl (C=O) groups excluding carboxylic acids is 2. The van der Waals surface area contributed by atoms with Crippen molar-refractivity contribution >= 4 is 22.7 Å². The van der Waals surface area contributed by atoms with Crippen LogP contribution in [0.3, 0.4) is 0 Å². The summed E-state index contributed by atoms with van der Waals surface area (Å²) < 4.78 is 0. The van der Waals surface area contributed by atoms with Crippen molar-refractivity contribution in [2.45, 2.75) is 51.6 Å². The molecule has 1 aromatic heterocycles. The minimum atomic E-state index is 0.0672. The number of aromatic nitrogens is 1. The number of nitrogens with zero attached hydrogens (tertiary/aromatic N) is 1. The summed E-state index contributed by atoms with van der Waals surface area (Å²) in [6.45, 7) is 4.56. The fourth-order valence-corrected chi connectivity index (χ4v) is 4.47. The summed E-state index contributed by atoms with van der Waals surface area (Å²) in [5.41, 5.74) is 4.07. The maximum absolute atomic E-state index is 13.2. The maximum Gasteiger partial charge on any atom is 0.254 e. The van der Waals surface area contributed by atoms with E-state index in [9.17, 15) is 9.59 Å². The van der Waals surface area contributed by atoms with Crippen molar-refractivity contribution in [1.29, 1.82) is 0 Å². The lowest BCUT2D eigenvalue weighted by Crippen LogP contribution is -2.40. The van der Waals surface area contributed by atoms with Crippen LogP contribution in [0.2, 0.25) is 0 Å². The van der Waals surface area contributed by atoms with Crippen molar-refractivity contribution in [3.63, 3.8) is 0 Å². The van der Waals surface area contributed by atoms with Crippen LogP contribution in [0.25, 0.3) is 22.0 Å². The molecule has 30 heavy (non-hydrogen) atoms. The highest BCUT2D eigenvalue weighted by Gasteiger charge is 2.32. The Hall–Kier alpha value is -3.08. The lowest BCUT2D eigenvalue weighted by molar-refractivity contribution is -0.121. The van der Waals surface area contributed by atoms with E-state index in [2.05, 4.69) is 34.6 Å². The zero-order valence-electron chi connectivity index (χ0n) is 17.7. The zero-order chi connectivity index (χ0) is 21.1. The van der Waals surface area contributed by atoms with Crippen molar-refractivity contribution in [1.82, 2.24) is 15.2 Å². The van der Waals surface area contributed by atoms with Crippen LogP contribution in [0.4, 0.5) is 0 Å². The van der Waals surface area contributed by atoms with Gasteiger partial charge in [-0.05, 0) is 73.0 Å². The van der Waals surface area contributed by atoms with E-state index in [4.69, 9.17) is 0 Å². The molecule has 0 radical (unpaired) electrons. The summed E-state index contributed by atoms with van der Waals surface area (Å²) in [6, 6.07) is 16.6. The number of hydrogen-bond acceptors (Lipinski definition) is 2. The van der Waals surface area contributed by atoms with Gasteiger partial charge in [0.25, 0.3) is 5.91 Å². The molecule has 2 N–H and O–H groups in total. The molecule has 5 nitrogen and oxygen atoms in total. The fourth-order valence-electron chi connectivity index (χ4n) is 4.47. The lowest BCUT2D eigenvalue weighted by Gasteiger charge is -2.28. The van der Waals surface area contributed by atoms with Crippen molar-refractivity contribution in [2.75, 3.05) is 6.54 Å². The van der Waals surface area contributed by atoms with Gasteiger partial charge in [-0.1, -0.05) is 25.1 Å². The van der Waals surface area contributed by atoms with Crippen molar-refractivity contribution in [3.8, 4) is 11.1 Å². The van der Waals surface area contributed by atoms with Gasteiger partial charge in [0.2, 0.25) is 5.91 Å². The SMILES string of the molecule is CCC(=O)N[C@H]1CC[C@@H](N(CC)C(=O)c2ccc(-c3ccc4[nH]ccc4c3)cc2)C1. The van der Waals surface area contributed by atoms with E-state index in [0.717, 1.165) is 35.9 Å². The minimum Gasteiger partial charge on any atom is -0.361 e. The molecule has 2 aromatic carbocycles. The van der Waals surface area contributed by atoms with Crippen LogP contribution in [-0.4, -0.2) is 40.3 Å². The van der Waals surface area contributed by atoms with Crippen LogP contribution in [-0.2, 0) is 4.79 Å². The third kappa shape index (κ3) is 4.11. The van der Waals surface area contributed by atoms with E-state index < -0.39 is 0 Å². The van der Waals surface area contributed by atoms with E-state index in [0.29, 0.717) is 18.5 Å². The number of fused-ring (bicyclic) bond motifs is 1. The summed E-state index contributed by atoms with van der Waals surface area (Å²) in [5.74, 6) is 0.154. The summed E-state index contributed by atoms with van der Waals surface area (Å²) in [4.78, 5) is 30.0. The summed E-state index contributed by atoms with van der Waals surface area (Å²) in [7, 11) is 0. The third-order valence-corrected chi connectivity index (χ3v) is 6.15. The van der Waals surface area contributed by atoms with Gasteiger partial charge in [0.15, 0.2) is 0 Å². The number of benzene rings is 2. The van der Waals surface area contributed by atoms with Crippen LogP contribution in [0.5, 0.6) is 0 Å². The second kappa shape index (κ2) is 8.74. The monoisotopic (exact) mass is 403 g/mol. The molecule has 2 amide bonds. The zero-order valence-corrected chi connectivity index (χ0v) is 17.7. The molecule has 1 heterocycles. The molecule has 1 fully saturated rings. The number of rotatable bonds is 6. The average Bonchev–Trinajstić information content (AvgIpc) is 3.43. The van der Waals surface area contributed by atoms with Crippen LogP contribution in [0.15, 0.2) is 54.7 Å². The second-order valence-electron chi connectivity index (χ2n) is 8.03. The Kier molecular flexibility index (Phi) is 5.88. The smallest absolute Gasteiger partial charge is 0.254 e. The highest BCUT2D eigenvalue weighted by Crippen LogP contribution is 2.27. The first-order chi connectivity index (χ1) is 14.6. The molecule has 0 aliphatic heterocycles. The largest absolute Gasteiger partial charge is 0.361 e. The number of aromatic amines is 1. The first kappa shape index (κ1) is 20.2. The molecule has 1 aliphatic carbocycles. The molecule has 1 aliphatic rings. The Morgan fingerprint density at radius 2 is 1.80 bits per heavy atom. The molecule has 0 unspecified atom stereocenters. The molecule has 0 bridgehead atoms. The normalized spacial score (nSPS) is 18.5. The Morgan fingerprint density at radius 1 is 1.03 bits per heavy atom. The molecule has 0 saturated heterocycles. The highest BCUT2D eigenvalue weighted by molar-refractivity contribution is 5.95. The van der Waals surface area contributed by atoms with Gasteiger partial charge in [0.1, 0.15) is 0 Å². The van der Waals surface area contributed by atoms with Gasteiger partial charge in [-0.25, -0.2) is 0 Å². The molecular weight excluding hydrogens is 374 g/mol. The molecule has 3 aromatic rings. The lowest BCUT2D eigenvalue weighted by atomic mass is 10.0. The van der Waals surface area contributed by atoms with E-state index in [1.165, 1.54) is 5.39 Å². The van der Waals surface area contributed by atoms with Crippen LogP contribution in [0.1, 0.15) is 49.9 Å². The predicted molar refractivity (Wildman–Crippen MR) is 120 cm³/mol. The standard InChI is InChI=1S/C25H29N3O2/c1-3-24(29)27-21-10-11-22(16-21)28(4-2)25(30)18-7-5-17(6-8-18)19-9-12-23-20(15-19)13-14-26-23/h5-9,12-15,21-22,26H,3-4,10-11,16H2,1-2H3,(H,27,29)/t21-,22+/m0/s1. The molecular formula is C25H29N3O2. The van der Waals surface area contributed by atoms with Gasteiger partial charge in [0, 0.05) is 42.3 Å².